The molecule has 1 aliphatic heterocycles. The molecular weight excluding hydrogens is 316 g/mol. The highest BCUT2D eigenvalue weighted by Gasteiger charge is 2.34. The summed E-state index contributed by atoms with van der Waals surface area (Å²) in [6, 6.07) is 5.82. The minimum Gasteiger partial charge on any atom is -0.481 e. The topological polar surface area (TPSA) is 98.5 Å². The molecule has 0 bridgehead atoms. The summed E-state index contributed by atoms with van der Waals surface area (Å²) < 4.78 is 26.3. The fourth-order valence-corrected chi connectivity index (χ4v) is 4.23. The number of hydrogen-bond acceptors (Lipinski definition) is 4. The first-order valence-electron chi connectivity index (χ1n) is 6.29. The van der Waals surface area contributed by atoms with Gasteiger partial charge in [0.05, 0.1) is 11.5 Å². The molecule has 112 valence electrons. The van der Waals surface area contributed by atoms with E-state index in [0.29, 0.717) is 12.8 Å². The highest BCUT2D eigenvalue weighted by atomic mass is 35.5. The Morgan fingerprint density at radius 1 is 1.48 bits per heavy atom. The van der Waals surface area contributed by atoms with Gasteiger partial charge in [-0.05, 0) is 31.0 Å². The average Bonchev–Trinajstić information content (AvgIpc) is 2.47. The van der Waals surface area contributed by atoms with Gasteiger partial charge in [0, 0.05) is 18.1 Å². The molecule has 21 heavy (non-hydrogen) atoms. The number of nitrogens with zero attached hydrogens (tertiary/aromatic N) is 2. The Labute approximate surface area is 127 Å². The van der Waals surface area contributed by atoms with Crippen LogP contribution in [0.3, 0.4) is 0 Å². The molecule has 0 saturated carbocycles. The van der Waals surface area contributed by atoms with E-state index in [0.717, 1.165) is 4.31 Å². The maximum Gasteiger partial charge on any atom is 0.307 e. The van der Waals surface area contributed by atoms with Crippen LogP contribution in [-0.4, -0.2) is 36.9 Å². The Kier molecular flexibility index (Phi) is 4.52. The van der Waals surface area contributed by atoms with Gasteiger partial charge in [-0.15, -0.1) is 0 Å². The van der Waals surface area contributed by atoms with Crippen molar-refractivity contribution >= 4 is 27.6 Å². The normalized spacial score (nSPS) is 19.9. The second kappa shape index (κ2) is 6.02. The third kappa shape index (κ3) is 3.18. The van der Waals surface area contributed by atoms with E-state index in [4.69, 9.17) is 22.0 Å². The number of rotatable bonds is 3. The standard InChI is InChI=1S/C13H13ClN2O4S/c14-11-4-3-9(7-15)12(6-11)21(19,20)16-5-1-2-10(8-16)13(17)18/h3-4,6,10H,1-2,5,8H2,(H,17,18)/t10-/m0/s1. The number of sulfonamides is 1. The Balaban J connectivity index is 2.41. The summed E-state index contributed by atoms with van der Waals surface area (Å²) in [6.45, 7) is 0.151. The molecule has 2 rings (SSSR count). The van der Waals surface area contributed by atoms with Crippen molar-refractivity contribution in [3.63, 3.8) is 0 Å². The van der Waals surface area contributed by atoms with Crippen LogP contribution in [0.2, 0.25) is 5.02 Å². The number of piperidine rings is 1. The number of hydrogen-bond donors (Lipinski definition) is 1. The Morgan fingerprint density at radius 3 is 2.81 bits per heavy atom. The van der Waals surface area contributed by atoms with E-state index < -0.39 is 21.9 Å². The molecular formula is C13H13ClN2O4S. The third-order valence-corrected chi connectivity index (χ3v) is 5.56. The highest BCUT2D eigenvalue weighted by molar-refractivity contribution is 7.89. The van der Waals surface area contributed by atoms with Crippen molar-refractivity contribution in [3.05, 3.63) is 28.8 Å². The zero-order chi connectivity index (χ0) is 15.6. The number of benzene rings is 1. The molecule has 1 heterocycles. The zero-order valence-corrected chi connectivity index (χ0v) is 12.6. The van der Waals surface area contributed by atoms with Crippen molar-refractivity contribution < 1.29 is 18.3 Å². The van der Waals surface area contributed by atoms with E-state index >= 15 is 0 Å². The van der Waals surface area contributed by atoms with Gasteiger partial charge >= 0.3 is 5.97 Å². The van der Waals surface area contributed by atoms with E-state index in [1.807, 2.05) is 6.07 Å². The van der Waals surface area contributed by atoms with Gasteiger partial charge in [0.25, 0.3) is 0 Å². The number of carboxylic acids is 1. The summed E-state index contributed by atoms with van der Waals surface area (Å²) in [6.07, 6.45) is 0.917. The molecule has 0 aliphatic carbocycles. The highest BCUT2D eigenvalue weighted by Crippen LogP contribution is 2.27. The summed E-state index contributed by atoms with van der Waals surface area (Å²) in [4.78, 5) is 10.9. The van der Waals surface area contributed by atoms with E-state index in [1.54, 1.807) is 0 Å². The van der Waals surface area contributed by atoms with Crippen molar-refractivity contribution in [1.82, 2.24) is 4.31 Å². The molecule has 0 amide bonds. The summed E-state index contributed by atoms with van der Waals surface area (Å²) in [5.74, 6) is -1.74. The maximum absolute atomic E-state index is 12.6. The number of carboxylic acid groups (broad SMARTS) is 1. The Bertz CT molecular complexity index is 711. The molecule has 1 fully saturated rings. The van der Waals surface area contributed by atoms with Crippen LogP contribution in [0.1, 0.15) is 18.4 Å². The van der Waals surface area contributed by atoms with Gasteiger partial charge in [-0.2, -0.15) is 9.57 Å². The molecule has 0 radical (unpaired) electrons. The quantitative estimate of drug-likeness (QED) is 0.910. The molecule has 1 saturated heterocycles. The van der Waals surface area contributed by atoms with Crippen molar-refractivity contribution in [3.8, 4) is 6.07 Å². The predicted molar refractivity (Wildman–Crippen MR) is 75.3 cm³/mol. The van der Waals surface area contributed by atoms with Gasteiger partial charge < -0.3 is 5.11 Å². The first kappa shape index (κ1) is 15.8. The van der Waals surface area contributed by atoms with Crippen LogP contribution in [0, 0.1) is 17.2 Å². The van der Waals surface area contributed by atoms with Gasteiger partial charge in [0.2, 0.25) is 10.0 Å². The lowest BCUT2D eigenvalue weighted by molar-refractivity contribution is -0.142. The zero-order valence-electron chi connectivity index (χ0n) is 11.0. The second-order valence-electron chi connectivity index (χ2n) is 4.79. The van der Waals surface area contributed by atoms with Crippen LogP contribution in [0.4, 0.5) is 0 Å². The summed E-state index contributed by atoms with van der Waals surface area (Å²) >= 11 is 5.81. The lowest BCUT2D eigenvalue weighted by atomic mass is 10.0. The maximum atomic E-state index is 12.6. The summed E-state index contributed by atoms with van der Waals surface area (Å²) in [5.41, 5.74) is -0.00292. The smallest absolute Gasteiger partial charge is 0.307 e. The molecule has 1 aromatic rings. The summed E-state index contributed by atoms with van der Waals surface area (Å²) in [5, 5.41) is 18.3. The van der Waals surface area contributed by atoms with E-state index in [-0.39, 0.29) is 28.6 Å². The molecule has 1 atom stereocenters. The number of aliphatic carboxylic acids is 1. The average molecular weight is 329 g/mol. The van der Waals surface area contributed by atoms with Gasteiger partial charge in [-0.3, -0.25) is 4.79 Å². The second-order valence-corrected chi connectivity index (χ2v) is 7.14. The van der Waals surface area contributed by atoms with Crippen molar-refractivity contribution in [2.24, 2.45) is 5.92 Å². The number of carbonyl (C=O) groups is 1. The van der Waals surface area contributed by atoms with Crippen LogP contribution < -0.4 is 0 Å². The third-order valence-electron chi connectivity index (χ3n) is 3.42. The first-order valence-corrected chi connectivity index (χ1v) is 8.10. The van der Waals surface area contributed by atoms with Crippen LogP contribution in [0.5, 0.6) is 0 Å². The largest absolute Gasteiger partial charge is 0.481 e. The van der Waals surface area contributed by atoms with E-state index in [9.17, 15) is 13.2 Å². The van der Waals surface area contributed by atoms with Crippen LogP contribution in [0.25, 0.3) is 0 Å². The fraction of sp³-hybridized carbons (Fsp3) is 0.385. The van der Waals surface area contributed by atoms with Gasteiger partial charge in [-0.1, -0.05) is 11.6 Å². The molecule has 1 N–H and O–H groups in total. The molecule has 8 heteroatoms. The van der Waals surface area contributed by atoms with Crippen LogP contribution in [-0.2, 0) is 14.8 Å². The number of nitriles is 1. The van der Waals surface area contributed by atoms with Gasteiger partial charge in [0.1, 0.15) is 11.0 Å². The SMILES string of the molecule is N#Cc1ccc(Cl)cc1S(=O)(=O)N1CCC[C@H](C(=O)O)C1. The Hall–Kier alpha value is -1.62. The van der Waals surface area contributed by atoms with Crippen molar-refractivity contribution in [2.45, 2.75) is 17.7 Å². The van der Waals surface area contributed by atoms with Crippen LogP contribution >= 0.6 is 11.6 Å². The summed E-state index contributed by atoms with van der Waals surface area (Å²) in [7, 11) is -3.93. The van der Waals surface area contributed by atoms with Gasteiger partial charge in [0.15, 0.2) is 0 Å². The molecule has 0 unspecified atom stereocenters. The fourth-order valence-electron chi connectivity index (χ4n) is 2.30. The lowest BCUT2D eigenvalue weighted by Crippen LogP contribution is -2.42. The molecule has 0 spiro atoms. The van der Waals surface area contributed by atoms with Crippen LogP contribution in [0.15, 0.2) is 23.1 Å². The molecule has 1 aromatic carbocycles. The number of halogens is 1. The predicted octanol–water partition coefficient (Wildman–Crippen LogP) is 1.70. The monoisotopic (exact) mass is 328 g/mol. The van der Waals surface area contributed by atoms with Gasteiger partial charge in [-0.25, -0.2) is 8.42 Å². The first-order chi connectivity index (χ1) is 9.86. The van der Waals surface area contributed by atoms with Crippen molar-refractivity contribution in [2.75, 3.05) is 13.1 Å². The molecule has 6 nitrogen and oxygen atoms in total. The van der Waals surface area contributed by atoms with E-state index in [1.165, 1.54) is 18.2 Å². The lowest BCUT2D eigenvalue weighted by Gasteiger charge is -2.30. The Morgan fingerprint density at radius 2 is 2.19 bits per heavy atom. The minimum absolute atomic E-state index is 0.00292. The molecule has 1 aliphatic rings. The van der Waals surface area contributed by atoms with E-state index in [2.05, 4.69) is 0 Å². The van der Waals surface area contributed by atoms with Crippen molar-refractivity contribution in [1.29, 1.82) is 5.26 Å². The molecule has 0 aromatic heterocycles. The minimum atomic E-state index is -3.93.